The Labute approximate surface area is 145 Å². The number of carbonyl (C=O) groups is 1. The molecule has 3 nitrogen and oxygen atoms in total. The minimum absolute atomic E-state index is 0.164. The summed E-state index contributed by atoms with van der Waals surface area (Å²) in [4.78, 5) is 14.2. The third kappa shape index (κ3) is 3.77. The topological polar surface area (TPSA) is 40.5 Å². The van der Waals surface area contributed by atoms with Crippen LogP contribution in [0.4, 0.5) is 0 Å². The number of hydrogen-bond acceptors (Lipinski definition) is 3. The van der Waals surface area contributed by atoms with Gasteiger partial charge < -0.3 is 10.0 Å². The molecule has 1 N–H and O–H groups in total. The summed E-state index contributed by atoms with van der Waals surface area (Å²) in [6.45, 7) is 1.15. The second kappa shape index (κ2) is 7.04. The molecule has 1 aromatic heterocycles. The number of likely N-dealkylation sites (tertiary alicyclic amines) is 1. The van der Waals surface area contributed by atoms with E-state index in [2.05, 4.69) is 11.4 Å². The van der Waals surface area contributed by atoms with Crippen LogP contribution in [-0.4, -0.2) is 29.0 Å². The van der Waals surface area contributed by atoms with E-state index in [0.717, 1.165) is 12.0 Å². The van der Waals surface area contributed by atoms with E-state index < -0.39 is 5.60 Å². The number of nitrogens with zero attached hydrogens (tertiary/aromatic N) is 1. The third-order valence-corrected chi connectivity index (χ3v) is 5.59. The number of piperidine rings is 1. The number of aryl methyl sites for hydroxylation is 1. The van der Waals surface area contributed by atoms with Gasteiger partial charge in [0.05, 0.1) is 5.60 Å². The maximum atomic E-state index is 12.3. The van der Waals surface area contributed by atoms with Gasteiger partial charge in [-0.15, -0.1) is 0 Å². The molecule has 0 radical (unpaired) electrons. The maximum absolute atomic E-state index is 12.3. The molecule has 0 bridgehead atoms. The molecule has 0 atom stereocenters. The molecule has 0 spiro atoms. The van der Waals surface area contributed by atoms with Gasteiger partial charge in [0, 0.05) is 30.1 Å². The van der Waals surface area contributed by atoms with E-state index >= 15 is 0 Å². The van der Waals surface area contributed by atoms with Crippen LogP contribution in [0.25, 0.3) is 0 Å². The van der Waals surface area contributed by atoms with E-state index in [1.165, 1.54) is 5.56 Å². The van der Waals surface area contributed by atoms with Crippen LogP contribution in [0.15, 0.2) is 41.1 Å². The molecule has 1 saturated heterocycles. The van der Waals surface area contributed by atoms with Gasteiger partial charge in [-0.05, 0) is 47.7 Å². The number of rotatable bonds is 4. The second-order valence-corrected chi connectivity index (χ2v) is 7.21. The number of benzene rings is 1. The lowest BCUT2D eigenvalue weighted by Crippen LogP contribution is -2.45. The standard InChI is InChI=1S/C18H20ClNO2S/c19-16-4-2-1-3-15(16)18(22)8-10-20(11-9-18)17(21)6-5-14-7-12-23-13-14/h1-4,7,12-13,22H,5-6,8-11H2. The van der Waals surface area contributed by atoms with E-state index in [1.54, 1.807) is 17.4 Å². The van der Waals surface area contributed by atoms with Gasteiger partial charge in [-0.1, -0.05) is 29.8 Å². The Hall–Kier alpha value is -1.36. The van der Waals surface area contributed by atoms with Gasteiger partial charge in [-0.3, -0.25) is 4.79 Å². The van der Waals surface area contributed by atoms with Crippen molar-refractivity contribution in [1.82, 2.24) is 4.90 Å². The minimum Gasteiger partial charge on any atom is -0.385 e. The smallest absolute Gasteiger partial charge is 0.222 e. The van der Waals surface area contributed by atoms with Crippen molar-refractivity contribution in [3.05, 3.63) is 57.2 Å². The first-order valence-corrected chi connectivity index (χ1v) is 9.17. The van der Waals surface area contributed by atoms with Crippen LogP contribution >= 0.6 is 22.9 Å². The molecule has 122 valence electrons. The van der Waals surface area contributed by atoms with Crippen molar-refractivity contribution in [2.75, 3.05) is 13.1 Å². The van der Waals surface area contributed by atoms with Crippen molar-refractivity contribution >= 4 is 28.8 Å². The largest absolute Gasteiger partial charge is 0.385 e. The first kappa shape index (κ1) is 16.5. The van der Waals surface area contributed by atoms with Crippen molar-refractivity contribution in [2.24, 2.45) is 0 Å². The van der Waals surface area contributed by atoms with E-state index in [4.69, 9.17) is 11.6 Å². The van der Waals surface area contributed by atoms with E-state index in [9.17, 15) is 9.90 Å². The zero-order valence-electron chi connectivity index (χ0n) is 12.9. The van der Waals surface area contributed by atoms with Crippen molar-refractivity contribution in [3.63, 3.8) is 0 Å². The van der Waals surface area contributed by atoms with Crippen LogP contribution in [0.2, 0.25) is 5.02 Å². The Morgan fingerprint density at radius 2 is 2.00 bits per heavy atom. The fourth-order valence-corrected chi connectivity index (χ4v) is 4.09. The first-order chi connectivity index (χ1) is 11.1. The molecule has 1 fully saturated rings. The predicted octanol–water partition coefficient (Wildman–Crippen LogP) is 3.84. The molecule has 0 aliphatic carbocycles. The number of amides is 1. The molecule has 2 heterocycles. The summed E-state index contributed by atoms with van der Waals surface area (Å²) < 4.78 is 0. The molecule has 3 rings (SSSR count). The van der Waals surface area contributed by atoms with Crippen LogP contribution in [0.1, 0.15) is 30.4 Å². The molecule has 2 aromatic rings. The van der Waals surface area contributed by atoms with Crippen molar-refractivity contribution in [1.29, 1.82) is 0 Å². The summed E-state index contributed by atoms with van der Waals surface area (Å²) >= 11 is 7.87. The summed E-state index contributed by atoms with van der Waals surface area (Å²) in [6, 6.07) is 9.48. The van der Waals surface area contributed by atoms with Gasteiger partial charge in [-0.25, -0.2) is 0 Å². The zero-order chi connectivity index (χ0) is 16.3. The Bertz CT molecular complexity index is 663. The van der Waals surface area contributed by atoms with Gasteiger partial charge >= 0.3 is 0 Å². The molecular formula is C18H20ClNO2S. The van der Waals surface area contributed by atoms with Crippen LogP contribution in [0.5, 0.6) is 0 Å². The van der Waals surface area contributed by atoms with E-state index in [1.807, 2.05) is 28.5 Å². The number of carbonyl (C=O) groups excluding carboxylic acids is 1. The lowest BCUT2D eigenvalue weighted by atomic mass is 9.84. The Morgan fingerprint density at radius 3 is 2.65 bits per heavy atom. The molecule has 1 amide bonds. The molecular weight excluding hydrogens is 330 g/mol. The van der Waals surface area contributed by atoms with Crippen molar-refractivity contribution < 1.29 is 9.90 Å². The van der Waals surface area contributed by atoms with Crippen LogP contribution < -0.4 is 0 Å². The second-order valence-electron chi connectivity index (χ2n) is 6.02. The molecule has 1 aliphatic rings. The summed E-state index contributed by atoms with van der Waals surface area (Å²) in [5.74, 6) is 0.164. The Morgan fingerprint density at radius 1 is 1.26 bits per heavy atom. The molecule has 1 aliphatic heterocycles. The van der Waals surface area contributed by atoms with Gasteiger partial charge in [0.1, 0.15) is 0 Å². The molecule has 5 heteroatoms. The fraction of sp³-hybridized carbons (Fsp3) is 0.389. The summed E-state index contributed by atoms with van der Waals surface area (Å²) in [6.07, 6.45) is 2.37. The molecule has 0 unspecified atom stereocenters. The number of hydrogen-bond donors (Lipinski definition) is 1. The van der Waals surface area contributed by atoms with Gasteiger partial charge in [0.2, 0.25) is 5.91 Å². The van der Waals surface area contributed by atoms with Crippen LogP contribution in [-0.2, 0) is 16.8 Å². The third-order valence-electron chi connectivity index (χ3n) is 4.53. The summed E-state index contributed by atoms with van der Waals surface area (Å²) in [5.41, 5.74) is 1.06. The summed E-state index contributed by atoms with van der Waals surface area (Å²) in [5, 5.41) is 15.6. The van der Waals surface area contributed by atoms with Crippen LogP contribution in [0.3, 0.4) is 0 Å². The van der Waals surface area contributed by atoms with Gasteiger partial charge in [-0.2, -0.15) is 11.3 Å². The normalized spacial score (nSPS) is 17.2. The monoisotopic (exact) mass is 349 g/mol. The SMILES string of the molecule is O=C(CCc1ccsc1)N1CCC(O)(c2ccccc2Cl)CC1. The lowest BCUT2D eigenvalue weighted by Gasteiger charge is -2.39. The van der Waals surface area contributed by atoms with Crippen molar-refractivity contribution in [3.8, 4) is 0 Å². The van der Waals surface area contributed by atoms with E-state index in [-0.39, 0.29) is 5.91 Å². The average molecular weight is 350 g/mol. The highest BCUT2D eigenvalue weighted by molar-refractivity contribution is 7.07. The predicted molar refractivity (Wildman–Crippen MR) is 93.8 cm³/mol. The number of thiophene rings is 1. The van der Waals surface area contributed by atoms with E-state index in [0.29, 0.717) is 37.4 Å². The molecule has 1 aromatic carbocycles. The van der Waals surface area contributed by atoms with Crippen molar-refractivity contribution in [2.45, 2.75) is 31.3 Å². The first-order valence-electron chi connectivity index (χ1n) is 7.85. The molecule has 0 saturated carbocycles. The Balaban J connectivity index is 1.57. The number of halogens is 1. The minimum atomic E-state index is -0.928. The highest BCUT2D eigenvalue weighted by Gasteiger charge is 2.36. The molecule has 23 heavy (non-hydrogen) atoms. The Kier molecular flexibility index (Phi) is 5.05. The van der Waals surface area contributed by atoms with Gasteiger partial charge in [0.15, 0.2) is 0 Å². The highest BCUT2D eigenvalue weighted by atomic mass is 35.5. The summed E-state index contributed by atoms with van der Waals surface area (Å²) in [7, 11) is 0. The average Bonchev–Trinajstić information content (AvgIpc) is 3.07. The fourth-order valence-electron chi connectivity index (χ4n) is 3.08. The van der Waals surface area contributed by atoms with Gasteiger partial charge in [0.25, 0.3) is 0 Å². The quantitative estimate of drug-likeness (QED) is 0.910. The van der Waals surface area contributed by atoms with Crippen LogP contribution in [0, 0.1) is 0 Å². The zero-order valence-corrected chi connectivity index (χ0v) is 14.4. The lowest BCUT2D eigenvalue weighted by molar-refractivity contribution is -0.135. The highest BCUT2D eigenvalue weighted by Crippen LogP contribution is 2.36. The maximum Gasteiger partial charge on any atom is 0.222 e. The number of aliphatic hydroxyl groups is 1.